The summed E-state index contributed by atoms with van der Waals surface area (Å²) in [6.45, 7) is 3.69. The van der Waals surface area contributed by atoms with Crippen LogP contribution in [0.2, 0.25) is 0 Å². The molecule has 1 saturated heterocycles. The maximum atomic E-state index is 11.7. The van der Waals surface area contributed by atoms with E-state index in [9.17, 15) is 4.79 Å². The zero-order valence-corrected chi connectivity index (χ0v) is 13.7. The van der Waals surface area contributed by atoms with Gasteiger partial charge in [0.15, 0.2) is 0 Å². The summed E-state index contributed by atoms with van der Waals surface area (Å²) in [5.74, 6) is 1.98. The van der Waals surface area contributed by atoms with Gasteiger partial charge in [-0.3, -0.25) is 4.79 Å². The van der Waals surface area contributed by atoms with Crippen LogP contribution in [0.1, 0.15) is 17.0 Å². The van der Waals surface area contributed by atoms with Crippen molar-refractivity contribution in [2.45, 2.75) is 13.8 Å². The number of hydrogen-bond acceptors (Lipinski definition) is 6. The monoisotopic (exact) mass is 329 g/mol. The molecule has 1 aliphatic heterocycles. The predicted octanol–water partition coefficient (Wildman–Crippen LogP) is 3.83. The molecule has 1 N–H and O–H groups in total. The van der Waals surface area contributed by atoms with E-state index < -0.39 is 0 Å². The summed E-state index contributed by atoms with van der Waals surface area (Å²) in [5, 5.41) is 6.52. The van der Waals surface area contributed by atoms with Gasteiger partial charge in [-0.2, -0.15) is 0 Å². The minimum absolute atomic E-state index is 0.157. The van der Waals surface area contributed by atoms with E-state index in [0.717, 1.165) is 39.4 Å². The fourth-order valence-corrected chi connectivity index (χ4v) is 2.84. The number of carbonyl (C=O) groups excluding carboxylic acids is 1. The quantitative estimate of drug-likeness (QED) is 0.926. The summed E-state index contributed by atoms with van der Waals surface area (Å²) < 4.78 is 10.3. The van der Waals surface area contributed by atoms with E-state index in [1.165, 1.54) is 0 Å². The Hall–Kier alpha value is -2.54. The number of aryl methyl sites for hydroxylation is 2. The van der Waals surface area contributed by atoms with E-state index in [0.29, 0.717) is 11.6 Å². The Labute approximate surface area is 137 Å². The van der Waals surface area contributed by atoms with Gasteiger partial charge >= 0.3 is 0 Å². The second-order valence-electron chi connectivity index (χ2n) is 4.92. The van der Waals surface area contributed by atoms with Gasteiger partial charge in [0, 0.05) is 5.56 Å². The Kier molecular flexibility index (Phi) is 4.20. The zero-order chi connectivity index (χ0) is 16.4. The number of aromatic nitrogens is 1. The highest BCUT2D eigenvalue weighted by Crippen LogP contribution is 2.30. The SMILES string of the molecule is COc1ccc(N=C2NC(=O)S/C2=C\c2c(C)noc2C)cc1. The lowest BCUT2D eigenvalue weighted by molar-refractivity contribution is 0.265. The first-order chi connectivity index (χ1) is 11.1. The van der Waals surface area contributed by atoms with Crippen molar-refractivity contribution in [3.63, 3.8) is 0 Å². The molecule has 2 heterocycles. The largest absolute Gasteiger partial charge is 0.497 e. The lowest BCUT2D eigenvalue weighted by Gasteiger charge is -2.01. The Morgan fingerprint density at radius 3 is 2.65 bits per heavy atom. The van der Waals surface area contributed by atoms with Crippen molar-refractivity contribution < 1.29 is 14.1 Å². The van der Waals surface area contributed by atoms with Crippen LogP contribution in [-0.4, -0.2) is 23.3 Å². The molecule has 1 amide bonds. The Bertz CT molecular complexity index is 787. The van der Waals surface area contributed by atoms with Crippen molar-refractivity contribution in [1.82, 2.24) is 10.5 Å². The lowest BCUT2D eigenvalue weighted by Crippen LogP contribution is -2.18. The van der Waals surface area contributed by atoms with E-state index in [2.05, 4.69) is 15.5 Å². The summed E-state index contributed by atoms with van der Waals surface area (Å²) >= 11 is 1.10. The Morgan fingerprint density at radius 1 is 1.30 bits per heavy atom. The fourth-order valence-electron chi connectivity index (χ4n) is 2.13. The first-order valence-electron chi connectivity index (χ1n) is 6.93. The maximum Gasteiger partial charge on any atom is 0.289 e. The van der Waals surface area contributed by atoms with E-state index in [1.54, 1.807) is 7.11 Å². The number of carbonyl (C=O) groups is 1. The number of benzene rings is 1. The van der Waals surface area contributed by atoms with Gasteiger partial charge in [-0.05, 0) is 56.0 Å². The van der Waals surface area contributed by atoms with Crippen LogP contribution < -0.4 is 10.1 Å². The van der Waals surface area contributed by atoms with Gasteiger partial charge in [-0.25, -0.2) is 4.99 Å². The third-order valence-electron chi connectivity index (χ3n) is 3.33. The van der Waals surface area contributed by atoms with Crippen molar-refractivity contribution in [2.24, 2.45) is 4.99 Å². The van der Waals surface area contributed by atoms with Crippen molar-refractivity contribution >= 4 is 34.6 Å². The topological polar surface area (TPSA) is 76.7 Å². The maximum absolute atomic E-state index is 11.7. The van der Waals surface area contributed by atoms with Crippen LogP contribution in [-0.2, 0) is 0 Å². The van der Waals surface area contributed by atoms with Crippen LogP contribution in [0.3, 0.4) is 0 Å². The molecule has 2 aromatic rings. The standard InChI is InChI=1S/C16H15N3O3S/c1-9-13(10(2)22-19-9)8-14-15(18-16(20)23-14)17-11-4-6-12(21-3)7-5-11/h4-8H,1-3H3,(H,17,18,20)/b14-8-. The van der Waals surface area contributed by atoms with Gasteiger partial charge < -0.3 is 14.6 Å². The average molecular weight is 329 g/mol. The molecule has 1 aliphatic rings. The number of amides is 1. The molecular formula is C16H15N3O3S. The fraction of sp³-hybridized carbons (Fsp3) is 0.188. The molecule has 0 saturated carbocycles. The summed E-state index contributed by atoms with van der Waals surface area (Å²) in [5.41, 5.74) is 2.37. The third kappa shape index (κ3) is 3.29. The van der Waals surface area contributed by atoms with Crippen molar-refractivity contribution in [1.29, 1.82) is 0 Å². The molecule has 1 fully saturated rings. The number of thioether (sulfide) groups is 1. The van der Waals surface area contributed by atoms with Gasteiger partial charge in [0.05, 0.1) is 23.4 Å². The summed E-state index contributed by atoms with van der Waals surface area (Å²) in [6.07, 6.45) is 1.87. The molecule has 7 heteroatoms. The number of amidine groups is 1. The molecule has 3 rings (SSSR count). The molecule has 0 bridgehead atoms. The number of hydrogen-bond donors (Lipinski definition) is 1. The number of aliphatic imine (C=N–C) groups is 1. The van der Waals surface area contributed by atoms with Gasteiger partial charge in [-0.15, -0.1) is 0 Å². The van der Waals surface area contributed by atoms with Crippen LogP contribution in [0.4, 0.5) is 10.5 Å². The van der Waals surface area contributed by atoms with Crippen LogP contribution in [0.5, 0.6) is 5.75 Å². The van der Waals surface area contributed by atoms with E-state index in [-0.39, 0.29) is 5.24 Å². The molecule has 0 unspecified atom stereocenters. The smallest absolute Gasteiger partial charge is 0.289 e. The summed E-state index contributed by atoms with van der Waals surface area (Å²) in [6, 6.07) is 7.30. The number of methoxy groups -OCH3 is 1. The molecule has 0 spiro atoms. The van der Waals surface area contributed by atoms with Crippen LogP contribution in [0.25, 0.3) is 6.08 Å². The van der Waals surface area contributed by atoms with E-state index >= 15 is 0 Å². The van der Waals surface area contributed by atoms with Crippen molar-refractivity contribution in [3.8, 4) is 5.75 Å². The van der Waals surface area contributed by atoms with Gasteiger partial charge in [0.25, 0.3) is 5.24 Å². The highest BCUT2D eigenvalue weighted by Gasteiger charge is 2.24. The molecule has 118 valence electrons. The number of nitrogens with one attached hydrogen (secondary N) is 1. The normalized spacial score (nSPS) is 17.8. The highest BCUT2D eigenvalue weighted by molar-refractivity contribution is 8.18. The molecule has 0 radical (unpaired) electrons. The minimum atomic E-state index is -0.157. The molecule has 6 nitrogen and oxygen atoms in total. The van der Waals surface area contributed by atoms with Crippen LogP contribution >= 0.6 is 11.8 Å². The first-order valence-corrected chi connectivity index (χ1v) is 7.75. The minimum Gasteiger partial charge on any atom is -0.497 e. The molecule has 1 aromatic carbocycles. The molecular weight excluding hydrogens is 314 g/mol. The second kappa shape index (κ2) is 6.29. The number of rotatable bonds is 3. The van der Waals surface area contributed by atoms with Gasteiger partial charge in [-0.1, -0.05) is 5.16 Å². The molecule has 0 aliphatic carbocycles. The first kappa shape index (κ1) is 15.4. The highest BCUT2D eigenvalue weighted by atomic mass is 32.2. The van der Waals surface area contributed by atoms with Gasteiger partial charge in [0.1, 0.15) is 17.3 Å². The van der Waals surface area contributed by atoms with Gasteiger partial charge in [0.2, 0.25) is 0 Å². The number of nitrogens with zero attached hydrogens (tertiary/aromatic N) is 2. The van der Waals surface area contributed by atoms with E-state index in [4.69, 9.17) is 9.26 Å². The second-order valence-corrected chi connectivity index (χ2v) is 5.93. The molecule has 1 aromatic heterocycles. The Balaban J connectivity index is 1.96. The van der Waals surface area contributed by atoms with Crippen LogP contribution in [0.15, 0.2) is 38.7 Å². The third-order valence-corrected chi connectivity index (χ3v) is 4.15. The summed E-state index contributed by atoms with van der Waals surface area (Å²) in [7, 11) is 1.61. The predicted molar refractivity (Wildman–Crippen MR) is 90.2 cm³/mol. The van der Waals surface area contributed by atoms with Crippen LogP contribution in [0, 0.1) is 13.8 Å². The molecule has 23 heavy (non-hydrogen) atoms. The van der Waals surface area contributed by atoms with Crippen molar-refractivity contribution in [3.05, 3.63) is 46.2 Å². The van der Waals surface area contributed by atoms with E-state index in [1.807, 2.05) is 44.2 Å². The zero-order valence-electron chi connectivity index (χ0n) is 12.9. The molecule has 0 atom stereocenters. The summed E-state index contributed by atoms with van der Waals surface area (Å²) in [4.78, 5) is 17.0. The number of ether oxygens (including phenoxy) is 1. The van der Waals surface area contributed by atoms with Crippen molar-refractivity contribution in [2.75, 3.05) is 7.11 Å². The lowest BCUT2D eigenvalue weighted by atomic mass is 10.2. The Morgan fingerprint density at radius 2 is 2.04 bits per heavy atom. The average Bonchev–Trinajstić information content (AvgIpc) is 3.05.